The van der Waals surface area contributed by atoms with Crippen LogP contribution in [0, 0.1) is 0 Å². The molecule has 5 amide bonds. The normalized spacial score (nSPS) is 9.89. The van der Waals surface area contributed by atoms with Gasteiger partial charge in [0.1, 0.15) is 6.04 Å². The summed E-state index contributed by atoms with van der Waals surface area (Å²) in [6.07, 6.45) is 3.90. The highest BCUT2D eigenvalue weighted by Gasteiger charge is 2.21. The first kappa shape index (κ1) is 37.4. The van der Waals surface area contributed by atoms with Gasteiger partial charge in [0, 0.05) is 18.7 Å². The molecule has 0 aromatic heterocycles. The molecule has 0 fully saturated rings. The molecule has 0 aliphatic heterocycles. The second kappa shape index (κ2) is 26.5. The van der Waals surface area contributed by atoms with Gasteiger partial charge >= 0.3 is 6.03 Å². The zero-order valence-corrected chi connectivity index (χ0v) is 23.8. The van der Waals surface area contributed by atoms with Gasteiger partial charge < -0.3 is 27.0 Å². The molecule has 0 radical (unpaired) electrons. The highest BCUT2D eigenvalue weighted by Crippen LogP contribution is 2.11. The van der Waals surface area contributed by atoms with Gasteiger partial charge in [0.15, 0.2) is 0 Å². The Kier molecular flexibility index (Phi) is 27.6. The standard InChI is InChI=1S/C20H31N5O4.C3H8.2C2H6/c1-3-6-17(26)23-13-18(27)25-16(7-5-12-22-20(21)29)19(28)24-15-10-8-14(4-2)9-11-15;1-3-2;2*1-2/h8-11,16H,3-7,12-13H2,1-2H3,(H,23,26)(H,24,28)(H,25,27)(H3,21,22,29);3H2,1-2H3;2*1-2H3. The predicted molar refractivity (Wildman–Crippen MR) is 150 cm³/mol. The Morgan fingerprint density at radius 3 is 1.89 bits per heavy atom. The first-order valence-electron chi connectivity index (χ1n) is 13.3. The number of urea groups is 1. The van der Waals surface area contributed by atoms with E-state index in [1.165, 1.54) is 6.42 Å². The number of benzene rings is 1. The summed E-state index contributed by atoms with van der Waals surface area (Å²) in [4.78, 5) is 47.1. The first-order valence-corrected chi connectivity index (χ1v) is 13.3. The molecule has 0 heterocycles. The number of nitrogens with one attached hydrogen (secondary N) is 4. The summed E-state index contributed by atoms with van der Waals surface area (Å²) in [6, 6.07) is 5.98. The Labute approximate surface area is 218 Å². The number of primary amides is 1. The average molecular weight is 510 g/mol. The fourth-order valence-corrected chi connectivity index (χ4v) is 2.58. The minimum atomic E-state index is -0.814. The minimum absolute atomic E-state index is 0.201. The van der Waals surface area contributed by atoms with E-state index in [0.29, 0.717) is 31.4 Å². The molecule has 6 N–H and O–H groups in total. The lowest BCUT2D eigenvalue weighted by atomic mass is 10.1. The second-order valence-electron chi connectivity index (χ2n) is 7.33. The monoisotopic (exact) mass is 509 g/mol. The Hall–Kier alpha value is -3.10. The van der Waals surface area contributed by atoms with Gasteiger partial charge in [-0.3, -0.25) is 14.4 Å². The Morgan fingerprint density at radius 2 is 1.42 bits per heavy atom. The molecular weight excluding hydrogens is 458 g/mol. The van der Waals surface area contributed by atoms with Gasteiger partial charge in [-0.2, -0.15) is 0 Å². The zero-order valence-electron chi connectivity index (χ0n) is 23.8. The van der Waals surface area contributed by atoms with E-state index >= 15 is 0 Å². The lowest BCUT2D eigenvalue weighted by molar-refractivity contribution is -0.128. The lowest BCUT2D eigenvalue weighted by Crippen LogP contribution is -2.47. The van der Waals surface area contributed by atoms with Crippen molar-refractivity contribution in [1.82, 2.24) is 16.0 Å². The van der Waals surface area contributed by atoms with Gasteiger partial charge in [-0.15, -0.1) is 0 Å². The van der Waals surface area contributed by atoms with Gasteiger partial charge in [-0.25, -0.2) is 4.79 Å². The van der Waals surface area contributed by atoms with Crippen LogP contribution in [0.15, 0.2) is 24.3 Å². The van der Waals surface area contributed by atoms with Crippen molar-refractivity contribution in [2.45, 2.75) is 100.0 Å². The molecule has 208 valence electrons. The molecule has 36 heavy (non-hydrogen) atoms. The summed E-state index contributed by atoms with van der Waals surface area (Å²) in [5.41, 5.74) is 6.80. The van der Waals surface area contributed by atoms with E-state index in [1.807, 2.05) is 53.7 Å². The molecule has 0 saturated carbocycles. The van der Waals surface area contributed by atoms with Crippen LogP contribution in [0.4, 0.5) is 10.5 Å². The fourth-order valence-electron chi connectivity index (χ4n) is 2.58. The molecule has 1 rings (SSSR count). The van der Waals surface area contributed by atoms with Crippen LogP contribution in [-0.4, -0.2) is 42.9 Å². The largest absolute Gasteiger partial charge is 0.352 e. The third-order valence-electron chi connectivity index (χ3n) is 4.17. The first-order chi connectivity index (χ1) is 17.3. The fraction of sp³-hybridized carbons (Fsp3) is 0.630. The number of amides is 5. The maximum atomic E-state index is 12.6. The maximum absolute atomic E-state index is 12.6. The van der Waals surface area contributed by atoms with E-state index in [0.717, 1.165) is 12.0 Å². The molecule has 9 heteroatoms. The molecule has 9 nitrogen and oxygen atoms in total. The number of hydrogen-bond acceptors (Lipinski definition) is 4. The molecule has 0 saturated heterocycles. The van der Waals surface area contributed by atoms with Crippen molar-refractivity contribution < 1.29 is 19.2 Å². The molecular formula is C27H51N5O4. The van der Waals surface area contributed by atoms with Crippen LogP contribution in [-0.2, 0) is 20.8 Å². The smallest absolute Gasteiger partial charge is 0.312 e. The van der Waals surface area contributed by atoms with Crippen LogP contribution in [0.2, 0.25) is 0 Å². The molecule has 0 aliphatic rings. The number of anilines is 1. The van der Waals surface area contributed by atoms with Crippen molar-refractivity contribution in [3.8, 4) is 0 Å². The number of aryl methyl sites for hydroxylation is 1. The molecule has 1 aromatic rings. The molecule has 0 bridgehead atoms. The van der Waals surface area contributed by atoms with E-state index in [-0.39, 0.29) is 24.9 Å². The molecule has 0 aliphatic carbocycles. The van der Waals surface area contributed by atoms with Gasteiger partial charge in [0.25, 0.3) is 0 Å². The summed E-state index contributed by atoms with van der Waals surface area (Å²) < 4.78 is 0. The number of hydrogen-bond donors (Lipinski definition) is 5. The molecule has 1 unspecified atom stereocenters. The average Bonchev–Trinajstić information content (AvgIpc) is 2.88. The SMILES string of the molecule is CC.CC.CCC.CCCC(=O)NCC(=O)NC(CCCNC(N)=O)C(=O)Nc1ccc(CC)cc1. The van der Waals surface area contributed by atoms with E-state index < -0.39 is 18.0 Å². The summed E-state index contributed by atoms with van der Waals surface area (Å²) in [5, 5.41) is 10.4. The van der Waals surface area contributed by atoms with Gasteiger partial charge in [-0.1, -0.05) is 73.9 Å². The van der Waals surface area contributed by atoms with E-state index in [9.17, 15) is 19.2 Å². The number of nitrogens with two attached hydrogens (primary N) is 1. The van der Waals surface area contributed by atoms with Crippen molar-refractivity contribution in [3.63, 3.8) is 0 Å². The summed E-state index contributed by atoms with van der Waals surface area (Å²) in [6.45, 7) is 16.2. The summed E-state index contributed by atoms with van der Waals surface area (Å²) in [7, 11) is 0. The number of carbonyl (C=O) groups excluding carboxylic acids is 4. The van der Waals surface area contributed by atoms with Crippen LogP contribution >= 0.6 is 0 Å². The van der Waals surface area contributed by atoms with Crippen molar-refractivity contribution in [2.75, 3.05) is 18.4 Å². The summed E-state index contributed by atoms with van der Waals surface area (Å²) in [5.74, 6) is -1.05. The highest BCUT2D eigenvalue weighted by atomic mass is 16.2. The van der Waals surface area contributed by atoms with Crippen LogP contribution in [0.1, 0.15) is 93.1 Å². The topological polar surface area (TPSA) is 142 Å². The second-order valence-corrected chi connectivity index (χ2v) is 7.33. The van der Waals surface area contributed by atoms with Crippen LogP contribution < -0.4 is 27.0 Å². The molecule has 1 aromatic carbocycles. The van der Waals surface area contributed by atoms with Crippen LogP contribution in [0.25, 0.3) is 0 Å². The van der Waals surface area contributed by atoms with Crippen LogP contribution in [0.5, 0.6) is 0 Å². The lowest BCUT2D eigenvalue weighted by Gasteiger charge is -2.19. The van der Waals surface area contributed by atoms with Gasteiger partial charge in [0.2, 0.25) is 17.7 Å². The third-order valence-corrected chi connectivity index (χ3v) is 4.17. The Morgan fingerprint density at radius 1 is 0.861 bits per heavy atom. The molecule has 1 atom stereocenters. The van der Waals surface area contributed by atoms with E-state index in [2.05, 4.69) is 35.1 Å². The Balaban J connectivity index is -0.00000141. The quantitative estimate of drug-likeness (QED) is 0.264. The Bertz CT molecular complexity index is 709. The highest BCUT2D eigenvalue weighted by molar-refractivity contribution is 5.97. The number of rotatable bonds is 12. The third kappa shape index (κ3) is 21.4. The van der Waals surface area contributed by atoms with Crippen molar-refractivity contribution in [1.29, 1.82) is 0 Å². The van der Waals surface area contributed by atoms with E-state index in [1.54, 1.807) is 12.1 Å². The van der Waals surface area contributed by atoms with E-state index in [4.69, 9.17) is 5.73 Å². The summed E-state index contributed by atoms with van der Waals surface area (Å²) >= 11 is 0. The van der Waals surface area contributed by atoms with Gasteiger partial charge in [-0.05, 0) is 43.4 Å². The van der Waals surface area contributed by atoms with Crippen LogP contribution in [0.3, 0.4) is 0 Å². The van der Waals surface area contributed by atoms with Gasteiger partial charge in [0.05, 0.1) is 6.54 Å². The minimum Gasteiger partial charge on any atom is -0.352 e. The molecule has 0 spiro atoms. The zero-order chi connectivity index (χ0) is 28.4. The van der Waals surface area contributed by atoms with Crippen molar-refractivity contribution in [3.05, 3.63) is 29.8 Å². The predicted octanol–water partition coefficient (Wildman–Crippen LogP) is 4.51. The number of carbonyl (C=O) groups is 4. The van der Waals surface area contributed by atoms with Crippen molar-refractivity contribution >= 4 is 29.4 Å². The maximum Gasteiger partial charge on any atom is 0.312 e. The van der Waals surface area contributed by atoms with Crippen molar-refractivity contribution in [2.24, 2.45) is 5.73 Å².